The summed E-state index contributed by atoms with van der Waals surface area (Å²) < 4.78 is 46.7. The summed E-state index contributed by atoms with van der Waals surface area (Å²) in [5.41, 5.74) is 0.429. The number of anilines is 1. The van der Waals surface area contributed by atoms with Crippen LogP contribution in [0.3, 0.4) is 0 Å². The second kappa shape index (κ2) is 10.2. The zero-order valence-electron chi connectivity index (χ0n) is 23.0. The fraction of sp³-hybridized carbons (Fsp3) is 0.483. The first-order chi connectivity index (χ1) is 19.7. The summed E-state index contributed by atoms with van der Waals surface area (Å²) in [4.78, 5) is 44.0. The van der Waals surface area contributed by atoms with E-state index >= 15 is 0 Å². The average Bonchev–Trinajstić information content (AvgIpc) is 3.20. The Morgan fingerprint density at radius 2 is 1.29 bits per heavy atom. The minimum atomic E-state index is -3.95. The molecule has 1 aliphatic heterocycles. The Kier molecular flexibility index (Phi) is 7.07. The number of nitrogens with two attached hydrogens (primary N) is 2. The van der Waals surface area contributed by atoms with Gasteiger partial charge in [0.1, 0.15) is 6.04 Å². The quantitative estimate of drug-likeness (QED) is 0.426. The smallest absolute Gasteiger partial charge is 0.257 e. The lowest BCUT2D eigenvalue weighted by Gasteiger charge is -2.57. The van der Waals surface area contributed by atoms with E-state index in [9.17, 15) is 31.2 Å². The number of hydrogen-bond donors (Lipinski definition) is 2. The monoisotopic (exact) mass is 614 g/mol. The van der Waals surface area contributed by atoms with Crippen molar-refractivity contribution in [3.63, 3.8) is 0 Å². The molecule has 224 valence electrons. The Morgan fingerprint density at radius 1 is 0.810 bits per heavy atom. The molecule has 4 N–H and O–H groups in total. The van der Waals surface area contributed by atoms with Gasteiger partial charge < -0.3 is 4.90 Å². The van der Waals surface area contributed by atoms with Gasteiger partial charge in [0.25, 0.3) is 5.91 Å². The van der Waals surface area contributed by atoms with E-state index in [1.54, 1.807) is 17.0 Å². The molecule has 1 heterocycles. The van der Waals surface area contributed by atoms with Crippen LogP contribution < -0.4 is 15.2 Å². The van der Waals surface area contributed by atoms with Crippen molar-refractivity contribution in [2.24, 2.45) is 33.4 Å². The van der Waals surface area contributed by atoms with Gasteiger partial charge in [-0.3, -0.25) is 14.4 Å². The third kappa shape index (κ3) is 5.27. The summed E-state index contributed by atoms with van der Waals surface area (Å²) in [6.07, 6.45) is 5.99. The van der Waals surface area contributed by atoms with Gasteiger partial charge in [0, 0.05) is 6.54 Å². The number of nitrogens with zero attached hydrogens (tertiary/aromatic N) is 2. The van der Waals surface area contributed by atoms with E-state index in [0.717, 1.165) is 49.0 Å². The summed E-state index contributed by atoms with van der Waals surface area (Å²) in [6.45, 7) is 0.178. The molecule has 7 rings (SSSR count). The Bertz CT molecular complexity index is 1620. The number of benzene rings is 2. The zero-order valence-corrected chi connectivity index (χ0v) is 24.6. The molecule has 42 heavy (non-hydrogen) atoms. The third-order valence-electron chi connectivity index (χ3n) is 9.57. The maximum Gasteiger partial charge on any atom is 0.257 e. The molecule has 0 aromatic heterocycles. The Balaban J connectivity index is 1.29. The second-order valence-corrected chi connectivity index (χ2v) is 15.6. The average molecular weight is 615 g/mol. The molecule has 1 saturated heterocycles. The minimum absolute atomic E-state index is 0.0200. The molecule has 1 atom stereocenters. The second-order valence-electron chi connectivity index (χ2n) is 12.5. The molecule has 2 aromatic carbocycles. The van der Waals surface area contributed by atoms with Gasteiger partial charge in [-0.1, -0.05) is 12.1 Å². The molecule has 11 nitrogen and oxygen atoms in total. The van der Waals surface area contributed by atoms with Crippen molar-refractivity contribution in [2.45, 2.75) is 67.2 Å². The lowest BCUT2D eigenvalue weighted by atomic mass is 9.49. The van der Waals surface area contributed by atoms with Gasteiger partial charge in [-0.15, -0.1) is 0 Å². The van der Waals surface area contributed by atoms with E-state index < -0.39 is 43.3 Å². The first-order valence-electron chi connectivity index (χ1n) is 14.2. The van der Waals surface area contributed by atoms with Crippen LogP contribution in [-0.2, 0) is 40.9 Å². The van der Waals surface area contributed by atoms with Crippen LogP contribution in [0.4, 0.5) is 5.69 Å². The van der Waals surface area contributed by atoms with Gasteiger partial charge in [0.05, 0.1) is 27.3 Å². The maximum absolute atomic E-state index is 14.5. The highest BCUT2D eigenvalue weighted by atomic mass is 32.2. The summed E-state index contributed by atoms with van der Waals surface area (Å²) in [5.74, 6) is 0.410. The predicted molar refractivity (Wildman–Crippen MR) is 153 cm³/mol. The number of carbonyl (C=O) groups is 3. The van der Waals surface area contributed by atoms with Gasteiger partial charge in [-0.25, -0.2) is 32.0 Å². The van der Waals surface area contributed by atoms with Crippen molar-refractivity contribution in [2.75, 3.05) is 11.4 Å². The molecule has 13 heteroatoms. The van der Waals surface area contributed by atoms with Crippen molar-refractivity contribution in [3.8, 4) is 0 Å². The molecule has 3 amide bonds. The summed E-state index contributed by atoms with van der Waals surface area (Å²) >= 11 is 0. The van der Waals surface area contributed by atoms with E-state index in [2.05, 4.69) is 0 Å². The number of rotatable bonds is 8. The fourth-order valence-electron chi connectivity index (χ4n) is 8.09. The molecule has 1 unspecified atom stereocenters. The van der Waals surface area contributed by atoms with Crippen molar-refractivity contribution < 1.29 is 31.2 Å². The largest absolute Gasteiger partial charge is 0.329 e. The van der Waals surface area contributed by atoms with Crippen LogP contribution in [0, 0.1) is 23.2 Å². The standard InChI is InChI=1S/C29H34N4O7S2/c30-41(37,38)23-5-1-18(2-6-23)9-10-32(28(36)29-15-19-11-20(16-29)13-21(12-19)17-29)25-14-26(34)33(27(25)35)22-3-7-24(8-4-22)42(31,39)40/h1-8,19-21,25H,9-17H2,(H2,30,37,38)(H2,31,39,40). The number of hydrogen-bond acceptors (Lipinski definition) is 7. The van der Waals surface area contributed by atoms with Crippen LogP contribution in [0.25, 0.3) is 0 Å². The summed E-state index contributed by atoms with van der Waals surface area (Å²) in [7, 11) is -7.81. The maximum atomic E-state index is 14.5. The van der Waals surface area contributed by atoms with Crippen LogP contribution in [0.15, 0.2) is 58.3 Å². The molecule has 4 saturated carbocycles. The Morgan fingerprint density at radius 3 is 1.76 bits per heavy atom. The molecule has 4 aliphatic carbocycles. The highest BCUT2D eigenvalue weighted by Gasteiger charge is 2.57. The SMILES string of the molecule is NS(=O)(=O)c1ccc(CCN(C(=O)C23CC4CC(CC(C4)C2)C3)C2CC(=O)N(c3ccc(S(N)(=O)=O)cc3)C2=O)cc1. The van der Waals surface area contributed by atoms with Crippen LogP contribution in [0.2, 0.25) is 0 Å². The highest BCUT2D eigenvalue weighted by Crippen LogP contribution is 2.60. The van der Waals surface area contributed by atoms with Crippen molar-refractivity contribution in [1.29, 1.82) is 0 Å². The van der Waals surface area contributed by atoms with Crippen LogP contribution in [0.5, 0.6) is 0 Å². The van der Waals surface area contributed by atoms with Crippen molar-refractivity contribution in [1.82, 2.24) is 4.90 Å². The first-order valence-corrected chi connectivity index (χ1v) is 17.3. The van der Waals surface area contributed by atoms with Crippen LogP contribution >= 0.6 is 0 Å². The molecular weight excluding hydrogens is 580 g/mol. The Hall–Kier alpha value is -3.13. The topological polar surface area (TPSA) is 178 Å². The van der Waals surface area contributed by atoms with Gasteiger partial charge in [-0.05, 0) is 105 Å². The van der Waals surface area contributed by atoms with Gasteiger partial charge in [0.2, 0.25) is 31.9 Å². The molecule has 5 aliphatic rings. The first kappa shape index (κ1) is 29.0. The highest BCUT2D eigenvalue weighted by molar-refractivity contribution is 7.89. The normalized spacial score (nSPS) is 28.9. The molecule has 5 fully saturated rings. The molecule has 0 radical (unpaired) electrons. The number of amides is 3. The number of imide groups is 1. The summed E-state index contributed by atoms with van der Waals surface area (Å²) in [5, 5.41) is 10.4. The van der Waals surface area contributed by atoms with E-state index in [0.29, 0.717) is 24.2 Å². The fourth-order valence-corrected chi connectivity index (χ4v) is 9.12. The van der Waals surface area contributed by atoms with E-state index in [4.69, 9.17) is 10.3 Å². The van der Waals surface area contributed by atoms with Crippen LogP contribution in [-0.4, -0.2) is 52.0 Å². The number of sulfonamides is 2. The molecule has 4 bridgehead atoms. The molecule has 0 spiro atoms. The van der Waals surface area contributed by atoms with Gasteiger partial charge in [0.15, 0.2) is 0 Å². The van der Waals surface area contributed by atoms with Crippen LogP contribution in [0.1, 0.15) is 50.5 Å². The zero-order chi connectivity index (χ0) is 30.0. The number of carbonyl (C=O) groups excluding carboxylic acids is 3. The predicted octanol–water partition coefficient (Wildman–Crippen LogP) is 1.90. The molecule has 2 aromatic rings. The van der Waals surface area contributed by atoms with E-state index in [1.165, 1.54) is 36.4 Å². The van der Waals surface area contributed by atoms with Gasteiger partial charge in [-0.2, -0.15) is 0 Å². The summed E-state index contributed by atoms with van der Waals surface area (Å²) in [6, 6.07) is 10.3. The minimum Gasteiger partial charge on any atom is -0.329 e. The third-order valence-corrected chi connectivity index (χ3v) is 11.4. The lowest BCUT2D eigenvalue weighted by Crippen LogP contribution is -2.58. The Labute approximate surface area is 245 Å². The van der Waals surface area contributed by atoms with E-state index in [-0.39, 0.29) is 34.4 Å². The van der Waals surface area contributed by atoms with Gasteiger partial charge >= 0.3 is 0 Å². The molecular formula is C29H34N4O7S2. The van der Waals surface area contributed by atoms with E-state index in [1.807, 2.05) is 0 Å². The number of primary sulfonamides is 2. The van der Waals surface area contributed by atoms with Crippen molar-refractivity contribution in [3.05, 3.63) is 54.1 Å². The van der Waals surface area contributed by atoms with Crippen molar-refractivity contribution >= 4 is 43.5 Å². The lowest BCUT2D eigenvalue weighted by molar-refractivity contribution is -0.161.